The molecule has 3 heterocycles. The smallest absolute Gasteiger partial charge is 0.276 e. The van der Waals surface area contributed by atoms with Crippen molar-refractivity contribution in [2.45, 2.75) is 31.2 Å². The zero-order valence-corrected chi connectivity index (χ0v) is 16.6. The number of aromatic nitrogens is 4. The maximum atomic E-state index is 6.50. The van der Waals surface area contributed by atoms with Gasteiger partial charge < -0.3 is 4.42 Å². The van der Waals surface area contributed by atoms with Gasteiger partial charge >= 0.3 is 0 Å². The molecule has 5 nitrogen and oxygen atoms in total. The minimum atomic E-state index is 0.510. The summed E-state index contributed by atoms with van der Waals surface area (Å²) in [6, 6.07) is 7.99. The van der Waals surface area contributed by atoms with Crippen LogP contribution < -0.4 is 0 Å². The number of thiazole rings is 1. The third-order valence-corrected chi connectivity index (χ3v) is 6.08. The average Bonchev–Trinajstić information content (AvgIpc) is 3.26. The van der Waals surface area contributed by atoms with E-state index in [9.17, 15) is 0 Å². The minimum Gasteiger partial charge on any atom is -0.416 e. The van der Waals surface area contributed by atoms with Gasteiger partial charge in [0.25, 0.3) is 5.22 Å². The number of hydrogen-bond donors (Lipinski definition) is 0. The van der Waals surface area contributed by atoms with Gasteiger partial charge in [0.2, 0.25) is 5.89 Å². The van der Waals surface area contributed by atoms with Crippen molar-refractivity contribution in [1.29, 1.82) is 0 Å². The molecule has 3 aromatic heterocycles. The van der Waals surface area contributed by atoms with E-state index in [0.29, 0.717) is 28.3 Å². The molecule has 0 fully saturated rings. The van der Waals surface area contributed by atoms with Crippen LogP contribution >= 0.6 is 34.7 Å². The van der Waals surface area contributed by atoms with Gasteiger partial charge in [-0.2, -0.15) is 0 Å². The Morgan fingerprint density at radius 2 is 2.00 bits per heavy atom. The van der Waals surface area contributed by atoms with Gasteiger partial charge in [0.15, 0.2) is 0 Å². The number of aryl methyl sites for hydroxylation is 2. The first-order valence-corrected chi connectivity index (χ1v) is 10.2. The van der Waals surface area contributed by atoms with E-state index in [-0.39, 0.29) is 0 Å². The summed E-state index contributed by atoms with van der Waals surface area (Å²) in [6.07, 6.45) is 0.548. The number of hydrogen-bond acceptors (Lipinski definition) is 7. The molecule has 0 saturated heterocycles. The fourth-order valence-corrected chi connectivity index (χ4v) is 4.28. The summed E-state index contributed by atoms with van der Waals surface area (Å²) in [5, 5.41) is 13.5. The Labute approximate surface area is 163 Å². The van der Waals surface area contributed by atoms with Gasteiger partial charge in [-0.05, 0) is 25.5 Å². The van der Waals surface area contributed by atoms with Crippen molar-refractivity contribution in [3.8, 4) is 0 Å². The van der Waals surface area contributed by atoms with Gasteiger partial charge in [-0.1, -0.05) is 41.6 Å². The first-order chi connectivity index (χ1) is 12.6. The summed E-state index contributed by atoms with van der Waals surface area (Å²) in [7, 11) is 0. The van der Waals surface area contributed by atoms with Crippen LogP contribution in [0.5, 0.6) is 0 Å². The molecule has 26 heavy (non-hydrogen) atoms. The van der Waals surface area contributed by atoms with Crippen LogP contribution in [0, 0.1) is 13.8 Å². The van der Waals surface area contributed by atoms with Gasteiger partial charge in [0.05, 0.1) is 33.4 Å². The van der Waals surface area contributed by atoms with E-state index in [1.54, 1.807) is 11.3 Å². The molecular formula is C18H15ClN4OS2. The monoisotopic (exact) mass is 402 g/mol. The summed E-state index contributed by atoms with van der Waals surface area (Å²) in [4.78, 5) is 9.09. The number of thioether (sulfide) groups is 1. The molecule has 0 saturated carbocycles. The van der Waals surface area contributed by atoms with Gasteiger partial charge in [-0.15, -0.1) is 21.5 Å². The number of halogens is 1. The standard InChI is InChI=1S/C18H15ClN4OS2/c1-10-13-5-3-4-6-14(13)21-15(17(10)19)9-26-18-23-22-16(24-18)7-12-8-25-11(2)20-12/h3-6,8H,7,9H2,1-2H3. The predicted molar refractivity (Wildman–Crippen MR) is 105 cm³/mol. The van der Waals surface area contributed by atoms with E-state index in [0.717, 1.165) is 32.9 Å². The average molecular weight is 403 g/mol. The fourth-order valence-electron chi connectivity index (χ4n) is 2.66. The van der Waals surface area contributed by atoms with E-state index >= 15 is 0 Å². The molecule has 8 heteroatoms. The van der Waals surface area contributed by atoms with Gasteiger partial charge in [-0.3, -0.25) is 4.98 Å². The lowest BCUT2D eigenvalue weighted by Gasteiger charge is -2.08. The molecule has 0 spiro atoms. The second-order valence-corrected chi connectivity index (χ2v) is 8.17. The molecule has 132 valence electrons. The molecule has 4 aromatic rings. The second kappa shape index (κ2) is 7.34. The van der Waals surface area contributed by atoms with Crippen LogP contribution in [0.3, 0.4) is 0 Å². The first kappa shape index (κ1) is 17.5. The molecule has 0 aliphatic heterocycles. The number of nitrogens with zero attached hydrogens (tertiary/aromatic N) is 4. The zero-order valence-electron chi connectivity index (χ0n) is 14.2. The van der Waals surface area contributed by atoms with Crippen LogP contribution in [0.15, 0.2) is 39.3 Å². The molecule has 0 radical (unpaired) electrons. The summed E-state index contributed by atoms with van der Waals surface area (Å²) < 4.78 is 5.71. The highest BCUT2D eigenvalue weighted by molar-refractivity contribution is 7.98. The maximum Gasteiger partial charge on any atom is 0.276 e. The number of para-hydroxylation sites is 1. The van der Waals surface area contributed by atoms with Crippen LogP contribution in [-0.2, 0) is 12.2 Å². The Bertz CT molecular complexity index is 1080. The van der Waals surface area contributed by atoms with Crippen LogP contribution in [0.1, 0.15) is 27.8 Å². The van der Waals surface area contributed by atoms with Crippen LogP contribution in [0.2, 0.25) is 5.02 Å². The third kappa shape index (κ3) is 3.60. The Hall–Kier alpha value is -1.96. The largest absolute Gasteiger partial charge is 0.416 e. The van der Waals surface area contributed by atoms with Gasteiger partial charge in [-0.25, -0.2) is 4.98 Å². The highest BCUT2D eigenvalue weighted by atomic mass is 35.5. The Balaban J connectivity index is 1.49. The molecule has 0 atom stereocenters. The SMILES string of the molecule is Cc1nc(Cc2nnc(SCc3nc4ccccc4c(C)c3Cl)o2)cs1. The predicted octanol–water partition coefficient (Wildman–Crippen LogP) is 5.23. The van der Waals surface area contributed by atoms with Crippen LogP contribution in [0.4, 0.5) is 0 Å². The quantitative estimate of drug-likeness (QED) is 0.426. The second-order valence-electron chi connectivity index (χ2n) is 5.80. The highest BCUT2D eigenvalue weighted by Crippen LogP contribution is 2.31. The summed E-state index contributed by atoms with van der Waals surface area (Å²) in [5.74, 6) is 1.13. The van der Waals surface area contributed by atoms with Crippen molar-refractivity contribution in [2.24, 2.45) is 0 Å². The normalized spacial score (nSPS) is 11.3. The molecule has 0 aliphatic rings. The van der Waals surface area contributed by atoms with Crippen molar-refractivity contribution in [3.05, 3.63) is 62.5 Å². The van der Waals surface area contributed by atoms with E-state index in [1.165, 1.54) is 11.8 Å². The Kier molecular flexibility index (Phi) is 4.93. The maximum absolute atomic E-state index is 6.50. The van der Waals surface area contributed by atoms with E-state index < -0.39 is 0 Å². The molecular weight excluding hydrogens is 388 g/mol. The summed E-state index contributed by atoms with van der Waals surface area (Å²) >= 11 is 9.55. The topological polar surface area (TPSA) is 64.7 Å². The lowest BCUT2D eigenvalue weighted by atomic mass is 10.1. The van der Waals surface area contributed by atoms with Crippen LogP contribution in [0.25, 0.3) is 10.9 Å². The van der Waals surface area contributed by atoms with E-state index in [2.05, 4.69) is 20.2 Å². The lowest BCUT2D eigenvalue weighted by molar-refractivity contribution is 0.419. The van der Waals surface area contributed by atoms with Crippen molar-refractivity contribution in [3.63, 3.8) is 0 Å². The van der Waals surface area contributed by atoms with Crippen LogP contribution in [-0.4, -0.2) is 20.2 Å². The summed E-state index contributed by atoms with van der Waals surface area (Å²) in [6.45, 7) is 3.99. The molecule has 1 aromatic carbocycles. The van der Waals surface area contributed by atoms with E-state index in [1.807, 2.05) is 43.5 Å². The molecule has 4 rings (SSSR count). The number of benzene rings is 1. The van der Waals surface area contributed by atoms with E-state index in [4.69, 9.17) is 16.0 Å². The highest BCUT2D eigenvalue weighted by Gasteiger charge is 2.14. The Morgan fingerprint density at radius 3 is 2.81 bits per heavy atom. The molecule has 0 bridgehead atoms. The molecule has 0 aliphatic carbocycles. The lowest BCUT2D eigenvalue weighted by Crippen LogP contribution is -1.94. The van der Waals surface area contributed by atoms with Crippen molar-refractivity contribution in [2.75, 3.05) is 0 Å². The minimum absolute atomic E-state index is 0.510. The van der Waals surface area contributed by atoms with Crippen molar-refractivity contribution < 1.29 is 4.42 Å². The Morgan fingerprint density at radius 1 is 1.15 bits per heavy atom. The third-order valence-electron chi connectivity index (χ3n) is 3.93. The van der Waals surface area contributed by atoms with Gasteiger partial charge in [0, 0.05) is 16.5 Å². The number of pyridine rings is 1. The molecule has 0 N–H and O–H groups in total. The first-order valence-electron chi connectivity index (χ1n) is 8.00. The van der Waals surface area contributed by atoms with Crippen molar-refractivity contribution in [1.82, 2.24) is 20.2 Å². The molecule has 0 unspecified atom stereocenters. The summed E-state index contributed by atoms with van der Waals surface area (Å²) in [5.41, 5.74) is 3.75. The number of rotatable bonds is 5. The number of fused-ring (bicyclic) bond motifs is 1. The zero-order chi connectivity index (χ0) is 18.1. The van der Waals surface area contributed by atoms with Gasteiger partial charge in [0.1, 0.15) is 0 Å². The van der Waals surface area contributed by atoms with Crippen molar-refractivity contribution >= 4 is 45.6 Å². The molecule has 0 amide bonds. The fraction of sp³-hybridized carbons (Fsp3) is 0.222.